The SMILES string of the molecule is CCCC/C=C/C/C=C/CC(O)c1cccc(Cl)c1. The summed E-state index contributed by atoms with van der Waals surface area (Å²) in [5.41, 5.74) is 0.871. The smallest absolute Gasteiger partial charge is 0.0824 e. The Labute approximate surface area is 121 Å². The largest absolute Gasteiger partial charge is 0.388 e. The van der Waals surface area contributed by atoms with E-state index >= 15 is 0 Å². The molecule has 0 aliphatic rings. The van der Waals surface area contributed by atoms with Gasteiger partial charge in [0.2, 0.25) is 0 Å². The van der Waals surface area contributed by atoms with Gasteiger partial charge in [-0.1, -0.05) is 67.8 Å². The Bertz CT molecular complexity index is 409. The molecule has 0 aromatic heterocycles. The number of allylic oxidation sites excluding steroid dienone is 3. The molecule has 1 N–H and O–H groups in total. The lowest BCUT2D eigenvalue weighted by Crippen LogP contribution is -1.94. The molecule has 0 radical (unpaired) electrons. The van der Waals surface area contributed by atoms with Crippen molar-refractivity contribution in [2.45, 2.75) is 45.1 Å². The lowest BCUT2D eigenvalue weighted by Gasteiger charge is -2.08. The molecule has 0 fully saturated rings. The Kier molecular flexibility index (Phi) is 8.28. The van der Waals surface area contributed by atoms with Crippen LogP contribution in [0, 0.1) is 0 Å². The van der Waals surface area contributed by atoms with Gasteiger partial charge >= 0.3 is 0 Å². The summed E-state index contributed by atoms with van der Waals surface area (Å²) in [6, 6.07) is 7.38. The van der Waals surface area contributed by atoms with E-state index in [-0.39, 0.29) is 0 Å². The molecule has 1 atom stereocenters. The van der Waals surface area contributed by atoms with Crippen LogP contribution in [0.5, 0.6) is 0 Å². The molecular weight excluding hydrogens is 256 g/mol. The molecule has 0 aliphatic carbocycles. The molecule has 0 saturated carbocycles. The van der Waals surface area contributed by atoms with E-state index in [1.54, 1.807) is 0 Å². The highest BCUT2D eigenvalue weighted by Gasteiger charge is 2.04. The zero-order chi connectivity index (χ0) is 13.9. The topological polar surface area (TPSA) is 20.2 Å². The van der Waals surface area contributed by atoms with Crippen molar-refractivity contribution in [3.05, 3.63) is 59.2 Å². The number of hydrogen-bond acceptors (Lipinski definition) is 1. The minimum atomic E-state index is -0.473. The molecule has 1 unspecified atom stereocenters. The van der Waals surface area contributed by atoms with E-state index in [2.05, 4.69) is 25.2 Å². The van der Waals surface area contributed by atoms with Crippen LogP contribution in [-0.2, 0) is 0 Å². The molecule has 2 heteroatoms. The predicted octanol–water partition coefficient (Wildman–Crippen LogP) is 5.46. The van der Waals surface area contributed by atoms with E-state index in [0.717, 1.165) is 18.4 Å². The lowest BCUT2D eigenvalue weighted by molar-refractivity contribution is 0.181. The Morgan fingerprint density at radius 1 is 1.21 bits per heavy atom. The maximum absolute atomic E-state index is 9.99. The molecule has 0 bridgehead atoms. The van der Waals surface area contributed by atoms with Gasteiger partial charge in [0.05, 0.1) is 6.10 Å². The molecule has 1 aromatic carbocycles. The van der Waals surface area contributed by atoms with E-state index < -0.39 is 6.10 Å². The van der Waals surface area contributed by atoms with Gasteiger partial charge in [0.1, 0.15) is 0 Å². The van der Waals surface area contributed by atoms with Crippen molar-refractivity contribution in [2.75, 3.05) is 0 Å². The predicted molar refractivity (Wildman–Crippen MR) is 83.5 cm³/mol. The van der Waals surface area contributed by atoms with E-state index in [4.69, 9.17) is 11.6 Å². The van der Waals surface area contributed by atoms with Gasteiger partial charge in [-0.25, -0.2) is 0 Å². The fourth-order valence-electron chi connectivity index (χ4n) is 1.79. The van der Waals surface area contributed by atoms with Gasteiger partial charge in [-0.3, -0.25) is 0 Å². The van der Waals surface area contributed by atoms with Crippen molar-refractivity contribution in [1.82, 2.24) is 0 Å². The van der Waals surface area contributed by atoms with Crippen molar-refractivity contribution in [3.63, 3.8) is 0 Å². The molecule has 1 aromatic rings. The first-order valence-electron chi connectivity index (χ1n) is 6.97. The highest BCUT2D eigenvalue weighted by molar-refractivity contribution is 6.30. The third kappa shape index (κ3) is 7.19. The average Bonchev–Trinajstić information content (AvgIpc) is 2.41. The number of unbranched alkanes of at least 4 members (excludes halogenated alkanes) is 2. The quantitative estimate of drug-likeness (QED) is 0.495. The summed E-state index contributed by atoms with van der Waals surface area (Å²) in [6.45, 7) is 2.20. The molecule has 0 aliphatic heterocycles. The van der Waals surface area contributed by atoms with Crippen LogP contribution < -0.4 is 0 Å². The third-order valence-electron chi connectivity index (χ3n) is 2.92. The minimum absolute atomic E-state index is 0.473. The van der Waals surface area contributed by atoms with Crippen LogP contribution in [0.3, 0.4) is 0 Å². The summed E-state index contributed by atoms with van der Waals surface area (Å²) >= 11 is 5.89. The number of aliphatic hydroxyl groups excluding tert-OH is 1. The molecule has 0 heterocycles. The van der Waals surface area contributed by atoms with Crippen LogP contribution in [0.2, 0.25) is 5.02 Å². The molecule has 0 saturated heterocycles. The van der Waals surface area contributed by atoms with Crippen LogP contribution in [0.1, 0.15) is 50.7 Å². The number of hydrogen-bond donors (Lipinski definition) is 1. The van der Waals surface area contributed by atoms with Gasteiger partial charge < -0.3 is 5.11 Å². The van der Waals surface area contributed by atoms with Gasteiger partial charge in [0.15, 0.2) is 0 Å². The van der Waals surface area contributed by atoms with Crippen molar-refractivity contribution in [2.24, 2.45) is 0 Å². The monoisotopic (exact) mass is 278 g/mol. The first-order valence-corrected chi connectivity index (χ1v) is 7.35. The van der Waals surface area contributed by atoms with Crippen LogP contribution in [0.15, 0.2) is 48.6 Å². The van der Waals surface area contributed by atoms with E-state index in [0.29, 0.717) is 11.4 Å². The molecule has 0 amide bonds. The number of rotatable bonds is 8. The first kappa shape index (κ1) is 16.0. The Hall–Kier alpha value is -1.05. The van der Waals surface area contributed by atoms with Crippen molar-refractivity contribution in [1.29, 1.82) is 0 Å². The van der Waals surface area contributed by atoms with Crippen molar-refractivity contribution >= 4 is 11.6 Å². The van der Waals surface area contributed by atoms with Crippen molar-refractivity contribution < 1.29 is 5.11 Å². The van der Waals surface area contributed by atoms with Gasteiger partial charge in [-0.2, -0.15) is 0 Å². The summed E-state index contributed by atoms with van der Waals surface area (Å²) in [6.07, 6.45) is 13.3. The van der Waals surface area contributed by atoms with Gasteiger partial charge in [0, 0.05) is 5.02 Å². The normalized spacial score (nSPS) is 13.4. The van der Waals surface area contributed by atoms with Crippen molar-refractivity contribution in [3.8, 4) is 0 Å². The summed E-state index contributed by atoms with van der Waals surface area (Å²) in [4.78, 5) is 0. The number of halogens is 1. The lowest BCUT2D eigenvalue weighted by atomic mass is 10.1. The molecule has 0 spiro atoms. The summed E-state index contributed by atoms with van der Waals surface area (Å²) in [7, 11) is 0. The summed E-state index contributed by atoms with van der Waals surface area (Å²) < 4.78 is 0. The zero-order valence-corrected chi connectivity index (χ0v) is 12.3. The zero-order valence-electron chi connectivity index (χ0n) is 11.6. The second kappa shape index (κ2) is 9.82. The van der Waals surface area contributed by atoms with Gasteiger partial charge in [-0.05, 0) is 37.0 Å². The van der Waals surface area contributed by atoms with Crippen LogP contribution >= 0.6 is 11.6 Å². The fraction of sp³-hybridized carbons (Fsp3) is 0.412. The van der Waals surface area contributed by atoms with Gasteiger partial charge in [-0.15, -0.1) is 0 Å². The fourth-order valence-corrected chi connectivity index (χ4v) is 1.98. The van der Waals surface area contributed by atoms with E-state index in [1.165, 1.54) is 12.8 Å². The van der Waals surface area contributed by atoms with Crippen LogP contribution in [-0.4, -0.2) is 5.11 Å². The molecule has 104 valence electrons. The molecule has 1 rings (SSSR count). The minimum Gasteiger partial charge on any atom is -0.388 e. The summed E-state index contributed by atoms with van der Waals surface area (Å²) in [5, 5.41) is 10.7. The van der Waals surface area contributed by atoms with Gasteiger partial charge in [0.25, 0.3) is 0 Å². The third-order valence-corrected chi connectivity index (χ3v) is 3.16. The molecule has 19 heavy (non-hydrogen) atoms. The Balaban J connectivity index is 2.26. The highest BCUT2D eigenvalue weighted by atomic mass is 35.5. The highest BCUT2D eigenvalue weighted by Crippen LogP contribution is 2.20. The Morgan fingerprint density at radius 2 is 2.00 bits per heavy atom. The standard InChI is InChI=1S/C17H23ClO/c1-2-3-4-5-6-7-8-9-13-17(19)15-11-10-12-16(18)14-15/h5-6,8-12,14,17,19H,2-4,7,13H2,1H3/b6-5+,9-8+. The Morgan fingerprint density at radius 3 is 2.74 bits per heavy atom. The van der Waals surface area contributed by atoms with Crippen LogP contribution in [0.25, 0.3) is 0 Å². The molecular formula is C17H23ClO. The number of aliphatic hydroxyl groups is 1. The second-order valence-electron chi connectivity index (χ2n) is 4.63. The number of benzene rings is 1. The maximum atomic E-state index is 9.99. The first-order chi connectivity index (χ1) is 9.24. The molecule has 1 nitrogen and oxygen atoms in total. The maximum Gasteiger partial charge on any atom is 0.0824 e. The second-order valence-corrected chi connectivity index (χ2v) is 5.06. The van der Waals surface area contributed by atoms with E-state index in [1.807, 2.05) is 30.3 Å². The average molecular weight is 279 g/mol. The van der Waals surface area contributed by atoms with E-state index in [9.17, 15) is 5.11 Å². The summed E-state index contributed by atoms with van der Waals surface area (Å²) in [5.74, 6) is 0. The van der Waals surface area contributed by atoms with Crippen LogP contribution in [0.4, 0.5) is 0 Å².